The lowest BCUT2D eigenvalue weighted by molar-refractivity contribution is 1.15. The van der Waals surface area contributed by atoms with Gasteiger partial charge in [-0.25, -0.2) is 0 Å². The molecule has 88 valence electrons. The Balaban J connectivity index is 2.13. The molecule has 0 atom stereocenters. The molecule has 0 aromatic heterocycles. The van der Waals surface area contributed by atoms with Gasteiger partial charge in [-0.2, -0.15) is 0 Å². The highest BCUT2D eigenvalue weighted by Crippen LogP contribution is 2.26. The Kier molecular flexibility index (Phi) is 3.93. The van der Waals surface area contributed by atoms with Crippen LogP contribution in [0.3, 0.4) is 0 Å². The van der Waals surface area contributed by atoms with Crippen LogP contribution in [0.25, 0.3) is 0 Å². The van der Waals surface area contributed by atoms with Crippen molar-refractivity contribution in [3.8, 4) is 0 Å². The van der Waals surface area contributed by atoms with Crippen molar-refractivity contribution in [2.75, 3.05) is 5.32 Å². The van der Waals surface area contributed by atoms with Crippen molar-refractivity contribution in [3.05, 3.63) is 63.6 Å². The Morgan fingerprint density at radius 2 is 1.76 bits per heavy atom. The first kappa shape index (κ1) is 12.3. The van der Waals surface area contributed by atoms with E-state index < -0.39 is 0 Å². The van der Waals surface area contributed by atoms with Crippen LogP contribution in [-0.2, 0) is 6.54 Å². The van der Waals surface area contributed by atoms with E-state index >= 15 is 0 Å². The van der Waals surface area contributed by atoms with Crippen molar-refractivity contribution in [1.82, 2.24) is 0 Å². The standard InChI is InChI=1S/C14H13Cl2N/c1-10-5-4-8-13(14(10)16)17-9-11-6-2-3-7-12(11)15/h2-8,17H,9H2,1H3. The zero-order valence-electron chi connectivity index (χ0n) is 9.50. The molecule has 1 nitrogen and oxygen atoms in total. The van der Waals surface area contributed by atoms with E-state index in [4.69, 9.17) is 23.2 Å². The van der Waals surface area contributed by atoms with E-state index in [-0.39, 0.29) is 0 Å². The number of benzene rings is 2. The molecule has 2 aromatic rings. The summed E-state index contributed by atoms with van der Waals surface area (Å²) in [6.07, 6.45) is 0. The smallest absolute Gasteiger partial charge is 0.0666 e. The molecule has 0 aliphatic carbocycles. The molecule has 0 fully saturated rings. The monoisotopic (exact) mass is 265 g/mol. The van der Waals surface area contributed by atoms with Crippen LogP contribution in [-0.4, -0.2) is 0 Å². The summed E-state index contributed by atoms with van der Waals surface area (Å²) in [4.78, 5) is 0. The van der Waals surface area contributed by atoms with Gasteiger partial charge in [-0.15, -0.1) is 0 Å². The minimum Gasteiger partial charge on any atom is -0.380 e. The average Bonchev–Trinajstić information content (AvgIpc) is 2.33. The zero-order chi connectivity index (χ0) is 12.3. The van der Waals surface area contributed by atoms with Crippen molar-refractivity contribution in [2.45, 2.75) is 13.5 Å². The first-order chi connectivity index (χ1) is 8.18. The van der Waals surface area contributed by atoms with Gasteiger partial charge in [0, 0.05) is 11.6 Å². The second-order valence-electron chi connectivity index (χ2n) is 3.88. The van der Waals surface area contributed by atoms with E-state index in [1.807, 2.05) is 49.4 Å². The van der Waals surface area contributed by atoms with Gasteiger partial charge in [0.2, 0.25) is 0 Å². The highest BCUT2D eigenvalue weighted by molar-refractivity contribution is 6.34. The van der Waals surface area contributed by atoms with E-state index in [0.717, 1.165) is 26.9 Å². The number of rotatable bonds is 3. The van der Waals surface area contributed by atoms with Gasteiger partial charge < -0.3 is 5.32 Å². The summed E-state index contributed by atoms with van der Waals surface area (Å²) in [7, 11) is 0. The average molecular weight is 266 g/mol. The summed E-state index contributed by atoms with van der Waals surface area (Å²) < 4.78 is 0. The van der Waals surface area contributed by atoms with Crippen LogP contribution >= 0.6 is 23.2 Å². The molecule has 0 heterocycles. The van der Waals surface area contributed by atoms with Crippen LogP contribution in [0.5, 0.6) is 0 Å². The lowest BCUT2D eigenvalue weighted by atomic mass is 10.2. The van der Waals surface area contributed by atoms with Crippen LogP contribution in [0.2, 0.25) is 10.0 Å². The molecule has 0 spiro atoms. The van der Waals surface area contributed by atoms with E-state index in [9.17, 15) is 0 Å². The maximum absolute atomic E-state index is 6.20. The van der Waals surface area contributed by atoms with Crippen molar-refractivity contribution >= 4 is 28.9 Å². The molecular formula is C14H13Cl2N. The summed E-state index contributed by atoms with van der Waals surface area (Å²) >= 11 is 12.3. The van der Waals surface area contributed by atoms with Crippen molar-refractivity contribution < 1.29 is 0 Å². The predicted molar refractivity (Wildman–Crippen MR) is 75.0 cm³/mol. The maximum Gasteiger partial charge on any atom is 0.0666 e. The molecule has 0 radical (unpaired) electrons. The van der Waals surface area contributed by atoms with Crippen molar-refractivity contribution in [3.63, 3.8) is 0 Å². The number of aryl methyl sites for hydroxylation is 1. The lowest BCUT2D eigenvalue weighted by Gasteiger charge is -2.10. The molecule has 0 aliphatic heterocycles. The molecule has 0 unspecified atom stereocenters. The van der Waals surface area contributed by atoms with Gasteiger partial charge in [-0.1, -0.05) is 53.5 Å². The van der Waals surface area contributed by atoms with Crippen LogP contribution in [0.4, 0.5) is 5.69 Å². The normalized spacial score (nSPS) is 10.3. The van der Waals surface area contributed by atoms with E-state index in [2.05, 4.69) is 5.32 Å². The summed E-state index contributed by atoms with van der Waals surface area (Å²) in [5, 5.41) is 4.83. The highest BCUT2D eigenvalue weighted by Gasteiger charge is 2.03. The molecule has 0 aliphatic rings. The topological polar surface area (TPSA) is 12.0 Å². The van der Waals surface area contributed by atoms with Crippen LogP contribution < -0.4 is 5.32 Å². The van der Waals surface area contributed by atoms with Crippen molar-refractivity contribution in [1.29, 1.82) is 0 Å². The second-order valence-corrected chi connectivity index (χ2v) is 4.67. The Morgan fingerprint density at radius 3 is 2.53 bits per heavy atom. The van der Waals surface area contributed by atoms with Gasteiger partial charge in [0.1, 0.15) is 0 Å². The third kappa shape index (κ3) is 2.93. The van der Waals surface area contributed by atoms with Gasteiger partial charge in [0.05, 0.1) is 10.7 Å². The molecule has 0 saturated carbocycles. The fourth-order valence-corrected chi connectivity index (χ4v) is 2.01. The molecule has 17 heavy (non-hydrogen) atoms. The fourth-order valence-electron chi connectivity index (χ4n) is 1.62. The van der Waals surface area contributed by atoms with E-state index in [1.165, 1.54) is 0 Å². The number of halogens is 2. The van der Waals surface area contributed by atoms with Gasteiger partial charge in [-0.05, 0) is 30.2 Å². The van der Waals surface area contributed by atoms with Gasteiger partial charge in [0.15, 0.2) is 0 Å². The first-order valence-corrected chi connectivity index (χ1v) is 6.16. The zero-order valence-corrected chi connectivity index (χ0v) is 11.0. The van der Waals surface area contributed by atoms with Gasteiger partial charge in [0.25, 0.3) is 0 Å². The predicted octanol–water partition coefficient (Wildman–Crippen LogP) is 4.91. The lowest BCUT2D eigenvalue weighted by Crippen LogP contribution is -2.00. The van der Waals surface area contributed by atoms with Crippen LogP contribution in [0, 0.1) is 6.92 Å². The summed E-state index contributed by atoms with van der Waals surface area (Å²) in [5.74, 6) is 0. The molecule has 2 rings (SSSR count). The maximum atomic E-state index is 6.20. The SMILES string of the molecule is Cc1cccc(NCc2ccccc2Cl)c1Cl. The molecule has 0 saturated heterocycles. The molecule has 0 bridgehead atoms. The Bertz CT molecular complexity index is 523. The third-order valence-corrected chi connectivity index (χ3v) is 3.49. The van der Waals surface area contributed by atoms with Crippen molar-refractivity contribution in [2.24, 2.45) is 0 Å². The minimum atomic E-state index is 0.669. The Hall–Kier alpha value is -1.18. The molecule has 1 N–H and O–H groups in total. The molecule has 0 amide bonds. The molecule has 3 heteroatoms. The first-order valence-electron chi connectivity index (χ1n) is 5.41. The number of anilines is 1. The van der Waals surface area contributed by atoms with E-state index in [1.54, 1.807) is 0 Å². The minimum absolute atomic E-state index is 0.669. The number of hydrogen-bond donors (Lipinski definition) is 1. The fraction of sp³-hybridized carbons (Fsp3) is 0.143. The van der Waals surface area contributed by atoms with E-state index in [0.29, 0.717) is 6.54 Å². The summed E-state index contributed by atoms with van der Waals surface area (Å²) in [6, 6.07) is 13.7. The number of nitrogens with one attached hydrogen (secondary N) is 1. The summed E-state index contributed by atoms with van der Waals surface area (Å²) in [5.41, 5.74) is 3.06. The quantitative estimate of drug-likeness (QED) is 0.831. The summed E-state index contributed by atoms with van der Waals surface area (Å²) in [6.45, 7) is 2.66. The highest BCUT2D eigenvalue weighted by atomic mass is 35.5. The molecule has 2 aromatic carbocycles. The van der Waals surface area contributed by atoms with Gasteiger partial charge >= 0.3 is 0 Å². The van der Waals surface area contributed by atoms with Gasteiger partial charge in [-0.3, -0.25) is 0 Å². The molecular weight excluding hydrogens is 253 g/mol. The van der Waals surface area contributed by atoms with Crippen LogP contribution in [0.1, 0.15) is 11.1 Å². The second kappa shape index (κ2) is 5.44. The third-order valence-electron chi connectivity index (χ3n) is 2.62. The number of hydrogen-bond acceptors (Lipinski definition) is 1. The van der Waals surface area contributed by atoms with Crippen LogP contribution in [0.15, 0.2) is 42.5 Å². The largest absolute Gasteiger partial charge is 0.380 e. The Labute approximate surface area is 111 Å². The Morgan fingerprint density at radius 1 is 1.00 bits per heavy atom.